The van der Waals surface area contributed by atoms with E-state index in [0.717, 1.165) is 0 Å². The zero-order chi connectivity index (χ0) is 11.0. The number of aromatic amines is 2. The highest BCUT2D eigenvalue weighted by atomic mass is 16.1. The number of hydrogen-bond donors (Lipinski definition) is 3. The van der Waals surface area contributed by atoms with Gasteiger partial charge in [-0.2, -0.15) is 0 Å². The van der Waals surface area contributed by atoms with Crippen molar-refractivity contribution in [2.45, 2.75) is 13.0 Å². The standard InChI is InChI=1S/C10H11N3O2/c1-5(14)9(11)6-2-3-7-8(4-6)13-10(15)12-7/h2-4,9H,11H2,1H3,(H2,12,13,15). The van der Waals surface area contributed by atoms with Gasteiger partial charge in [-0.05, 0) is 24.6 Å². The average Bonchev–Trinajstić information content (AvgIpc) is 2.55. The van der Waals surface area contributed by atoms with E-state index in [4.69, 9.17) is 5.73 Å². The maximum Gasteiger partial charge on any atom is 0.323 e. The Morgan fingerprint density at radius 2 is 2.00 bits per heavy atom. The molecule has 1 aromatic carbocycles. The minimum Gasteiger partial charge on any atom is -0.318 e. The first-order valence-corrected chi connectivity index (χ1v) is 4.56. The van der Waals surface area contributed by atoms with Crippen molar-refractivity contribution < 1.29 is 4.79 Å². The molecule has 0 amide bonds. The summed E-state index contributed by atoms with van der Waals surface area (Å²) >= 11 is 0. The van der Waals surface area contributed by atoms with Gasteiger partial charge in [-0.1, -0.05) is 6.07 Å². The number of rotatable bonds is 2. The van der Waals surface area contributed by atoms with Crippen LogP contribution in [0.4, 0.5) is 0 Å². The molecular formula is C10H11N3O2. The molecule has 2 rings (SSSR count). The molecule has 15 heavy (non-hydrogen) atoms. The molecule has 78 valence electrons. The molecule has 0 aliphatic carbocycles. The highest BCUT2D eigenvalue weighted by molar-refractivity contribution is 5.84. The SMILES string of the molecule is CC(=O)C(N)c1ccc2[nH]c(=O)[nH]c2c1. The van der Waals surface area contributed by atoms with Crippen molar-refractivity contribution in [2.24, 2.45) is 5.73 Å². The number of nitrogens with two attached hydrogens (primary N) is 1. The second-order valence-corrected chi connectivity index (χ2v) is 3.47. The zero-order valence-corrected chi connectivity index (χ0v) is 8.20. The van der Waals surface area contributed by atoms with Gasteiger partial charge >= 0.3 is 5.69 Å². The van der Waals surface area contributed by atoms with Crippen LogP contribution in [0.25, 0.3) is 11.0 Å². The number of carbonyl (C=O) groups is 1. The summed E-state index contributed by atoms with van der Waals surface area (Å²) in [4.78, 5) is 27.3. The summed E-state index contributed by atoms with van der Waals surface area (Å²) in [7, 11) is 0. The predicted molar refractivity (Wildman–Crippen MR) is 56.5 cm³/mol. The van der Waals surface area contributed by atoms with Gasteiger partial charge in [-0.25, -0.2) is 4.79 Å². The summed E-state index contributed by atoms with van der Waals surface area (Å²) in [6.45, 7) is 1.44. The molecular weight excluding hydrogens is 194 g/mol. The van der Waals surface area contributed by atoms with Crippen molar-refractivity contribution in [3.63, 3.8) is 0 Å². The molecule has 0 saturated heterocycles. The van der Waals surface area contributed by atoms with Crippen LogP contribution in [0.3, 0.4) is 0 Å². The number of fused-ring (bicyclic) bond motifs is 1. The molecule has 0 aliphatic rings. The number of benzene rings is 1. The van der Waals surface area contributed by atoms with Crippen molar-refractivity contribution in [2.75, 3.05) is 0 Å². The first-order chi connectivity index (χ1) is 7.08. The molecule has 0 radical (unpaired) electrons. The van der Waals surface area contributed by atoms with E-state index in [1.54, 1.807) is 18.2 Å². The fraction of sp³-hybridized carbons (Fsp3) is 0.200. The maximum absolute atomic E-state index is 11.1. The van der Waals surface area contributed by atoms with E-state index in [0.29, 0.717) is 16.6 Å². The Morgan fingerprint density at radius 1 is 1.33 bits per heavy atom. The lowest BCUT2D eigenvalue weighted by Crippen LogP contribution is -2.18. The Bertz CT molecular complexity index is 567. The molecule has 0 spiro atoms. The van der Waals surface area contributed by atoms with Gasteiger partial charge in [0.05, 0.1) is 17.1 Å². The van der Waals surface area contributed by atoms with E-state index in [-0.39, 0.29) is 11.5 Å². The second kappa shape index (κ2) is 3.36. The van der Waals surface area contributed by atoms with Crippen molar-refractivity contribution in [1.82, 2.24) is 9.97 Å². The summed E-state index contributed by atoms with van der Waals surface area (Å²) in [6.07, 6.45) is 0. The molecule has 1 aromatic heterocycles. The number of carbonyl (C=O) groups excluding carboxylic acids is 1. The lowest BCUT2D eigenvalue weighted by molar-refractivity contribution is -0.118. The van der Waals surface area contributed by atoms with E-state index in [1.165, 1.54) is 6.92 Å². The molecule has 5 nitrogen and oxygen atoms in total. The van der Waals surface area contributed by atoms with Crippen LogP contribution in [0.1, 0.15) is 18.5 Å². The number of Topliss-reactive ketones (excluding diaryl/α,β-unsaturated/α-hetero) is 1. The fourth-order valence-corrected chi connectivity index (χ4v) is 1.48. The second-order valence-electron chi connectivity index (χ2n) is 3.47. The number of ketones is 1. The van der Waals surface area contributed by atoms with Crippen molar-refractivity contribution >= 4 is 16.8 Å². The normalized spacial score (nSPS) is 12.9. The van der Waals surface area contributed by atoms with E-state index in [9.17, 15) is 9.59 Å². The Labute approximate surface area is 85.3 Å². The predicted octanol–water partition coefficient (Wildman–Crippen LogP) is 0.445. The highest BCUT2D eigenvalue weighted by Gasteiger charge is 2.11. The molecule has 1 atom stereocenters. The van der Waals surface area contributed by atoms with Crippen LogP contribution in [0.5, 0.6) is 0 Å². The van der Waals surface area contributed by atoms with Gasteiger partial charge in [0.2, 0.25) is 0 Å². The van der Waals surface area contributed by atoms with Crippen LogP contribution < -0.4 is 11.4 Å². The zero-order valence-electron chi connectivity index (χ0n) is 8.20. The van der Waals surface area contributed by atoms with E-state index in [1.807, 2.05) is 0 Å². The summed E-state index contributed by atoms with van der Waals surface area (Å²) in [5.41, 5.74) is 7.49. The monoisotopic (exact) mass is 205 g/mol. The average molecular weight is 205 g/mol. The van der Waals surface area contributed by atoms with Gasteiger partial charge in [0.15, 0.2) is 5.78 Å². The summed E-state index contributed by atoms with van der Waals surface area (Å²) in [5.74, 6) is -0.104. The molecule has 1 unspecified atom stereocenters. The van der Waals surface area contributed by atoms with Crippen molar-refractivity contribution in [1.29, 1.82) is 0 Å². The first-order valence-electron chi connectivity index (χ1n) is 4.56. The molecule has 2 aromatic rings. The van der Waals surface area contributed by atoms with Gasteiger partial charge in [0.1, 0.15) is 0 Å². The van der Waals surface area contributed by atoms with Gasteiger partial charge < -0.3 is 15.7 Å². The van der Waals surface area contributed by atoms with Crippen LogP contribution >= 0.6 is 0 Å². The highest BCUT2D eigenvalue weighted by Crippen LogP contribution is 2.15. The van der Waals surface area contributed by atoms with Gasteiger partial charge in [0, 0.05) is 0 Å². The van der Waals surface area contributed by atoms with Crippen LogP contribution in [-0.2, 0) is 4.79 Å². The largest absolute Gasteiger partial charge is 0.323 e. The third-order valence-corrected chi connectivity index (χ3v) is 2.34. The van der Waals surface area contributed by atoms with Gasteiger partial charge in [-0.15, -0.1) is 0 Å². The molecule has 0 fully saturated rings. The minimum absolute atomic E-state index is 0.104. The van der Waals surface area contributed by atoms with Crippen molar-refractivity contribution in [3.05, 3.63) is 34.2 Å². The third kappa shape index (κ3) is 1.69. The lowest BCUT2D eigenvalue weighted by atomic mass is 10.0. The number of aromatic nitrogens is 2. The molecule has 0 saturated carbocycles. The van der Waals surface area contributed by atoms with Gasteiger partial charge in [0.25, 0.3) is 0 Å². The van der Waals surface area contributed by atoms with Crippen LogP contribution in [0.15, 0.2) is 23.0 Å². The molecule has 0 bridgehead atoms. The Hall–Kier alpha value is -1.88. The third-order valence-electron chi connectivity index (χ3n) is 2.34. The number of nitrogens with one attached hydrogen (secondary N) is 2. The number of imidazole rings is 1. The minimum atomic E-state index is -0.632. The van der Waals surface area contributed by atoms with E-state index < -0.39 is 6.04 Å². The van der Waals surface area contributed by atoms with Gasteiger partial charge in [-0.3, -0.25) is 4.79 Å². The molecule has 4 N–H and O–H groups in total. The fourth-order valence-electron chi connectivity index (χ4n) is 1.48. The maximum atomic E-state index is 11.1. The Morgan fingerprint density at radius 3 is 2.67 bits per heavy atom. The van der Waals surface area contributed by atoms with E-state index in [2.05, 4.69) is 9.97 Å². The molecule has 0 aliphatic heterocycles. The molecule has 1 heterocycles. The molecule has 5 heteroatoms. The topological polar surface area (TPSA) is 91.7 Å². The summed E-state index contributed by atoms with van der Waals surface area (Å²) in [5, 5.41) is 0. The number of hydrogen-bond acceptors (Lipinski definition) is 3. The summed E-state index contributed by atoms with van der Waals surface area (Å²) < 4.78 is 0. The van der Waals surface area contributed by atoms with Crippen LogP contribution in [-0.4, -0.2) is 15.8 Å². The quantitative estimate of drug-likeness (QED) is 0.664. The smallest absolute Gasteiger partial charge is 0.318 e. The Kier molecular flexibility index (Phi) is 2.17. The van der Waals surface area contributed by atoms with Crippen LogP contribution in [0.2, 0.25) is 0 Å². The first kappa shape index (κ1) is 9.67. The number of H-pyrrole nitrogens is 2. The summed E-state index contributed by atoms with van der Waals surface area (Å²) in [6, 6.07) is 4.54. The van der Waals surface area contributed by atoms with Crippen LogP contribution in [0, 0.1) is 0 Å². The van der Waals surface area contributed by atoms with E-state index >= 15 is 0 Å². The van der Waals surface area contributed by atoms with Crippen molar-refractivity contribution in [3.8, 4) is 0 Å². The Balaban J connectivity index is 2.55. The lowest BCUT2D eigenvalue weighted by Gasteiger charge is -2.07.